The molecule has 0 saturated heterocycles. The van der Waals surface area contributed by atoms with Crippen molar-refractivity contribution in [2.24, 2.45) is 0 Å². The molecule has 9 heteroatoms. The molecule has 1 amide bonds. The largest absolute Gasteiger partial charge is 0.463 e. The van der Waals surface area contributed by atoms with Crippen LogP contribution in [0.1, 0.15) is 60.7 Å². The van der Waals surface area contributed by atoms with Crippen molar-refractivity contribution in [2.75, 3.05) is 19.6 Å². The smallest absolute Gasteiger partial charge is 0.254 e. The topological polar surface area (TPSA) is 102 Å². The molecule has 0 bridgehead atoms. The molecule has 3 aromatic heterocycles. The summed E-state index contributed by atoms with van der Waals surface area (Å²) in [4.78, 5) is 19.7. The minimum Gasteiger partial charge on any atom is -0.463 e. The van der Waals surface area contributed by atoms with Crippen LogP contribution in [0, 0.1) is 0 Å². The van der Waals surface area contributed by atoms with Crippen molar-refractivity contribution < 1.29 is 9.21 Å². The van der Waals surface area contributed by atoms with Crippen LogP contribution in [0.4, 0.5) is 0 Å². The molecule has 0 spiro atoms. The molecule has 1 N–H and O–H groups in total. The van der Waals surface area contributed by atoms with Crippen molar-refractivity contribution in [3.63, 3.8) is 0 Å². The number of aromatic nitrogens is 5. The molecule has 5 rings (SSSR count). The lowest BCUT2D eigenvalue weighted by molar-refractivity contribution is 0.0740. The van der Waals surface area contributed by atoms with Crippen LogP contribution < -0.4 is 5.32 Å². The Bertz CT molecular complexity index is 1310. The van der Waals surface area contributed by atoms with Crippen molar-refractivity contribution in [1.82, 2.24) is 35.4 Å². The fraction of sp³-hybridized carbons (Fsp3) is 0.400. The van der Waals surface area contributed by atoms with E-state index in [-0.39, 0.29) is 17.5 Å². The number of nitrogens with one attached hydrogen (secondary N) is 1. The molecule has 0 saturated carbocycles. The SMILES string of the molecule is CCC(C)(C)n1nnnc1C(NCCN1CCc2ccccc2C1=O)c1ccc2occc2n1. The summed E-state index contributed by atoms with van der Waals surface area (Å²) in [5.41, 5.74) is 3.96. The van der Waals surface area contributed by atoms with Crippen LogP contribution in [0.2, 0.25) is 0 Å². The maximum absolute atomic E-state index is 13.0. The summed E-state index contributed by atoms with van der Waals surface area (Å²) >= 11 is 0. The van der Waals surface area contributed by atoms with Gasteiger partial charge in [-0.05, 0) is 60.9 Å². The van der Waals surface area contributed by atoms with Gasteiger partial charge in [0.2, 0.25) is 0 Å². The van der Waals surface area contributed by atoms with Gasteiger partial charge < -0.3 is 14.6 Å². The standard InChI is InChI=1S/C25H29N7O2/c1-4-25(2,3)32-23(28-29-30-32)22(20-9-10-21-19(27-20)12-16-34-21)26-13-15-31-14-11-17-7-5-6-8-18(17)24(31)33/h5-10,12,16,22,26H,4,11,13-15H2,1-3H3. The molecule has 4 aromatic rings. The fourth-order valence-corrected chi connectivity index (χ4v) is 4.34. The van der Waals surface area contributed by atoms with Gasteiger partial charge in [-0.2, -0.15) is 0 Å². The Morgan fingerprint density at radius 1 is 1.18 bits per heavy atom. The maximum Gasteiger partial charge on any atom is 0.254 e. The second-order valence-electron chi connectivity index (χ2n) is 9.24. The zero-order valence-corrected chi connectivity index (χ0v) is 19.7. The van der Waals surface area contributed by atoms with Gasteiger partial charge in [0.1, 0.15) is 11.6 Å². The van der Waals surface area contributed by atoms with Gasteiger partial charge in [0.15, 0.2) is 11.4 Å². The van der Waals surface area contributed by atoms with Crippen LogP contribution in [0.5, 0.6) is 0 Å². The molecule has 1 aliphatic rings. The van der Waals surface area contributed by atoms with Crippen molar-refractivity contribution >= 4 is 17.0 Å². The quantitative estimate of drug-likeness (QED) is 0.431. The third-order valence-corrected chi connectivity index (χ3v) is 6.73. The Labute approximate surface area is 198 Å². The van der Waals surface area contributed by atoms with E-state index in [0.29, 0.717) is 25.5 Å². The second kappa shape index (κ2) is 8.98. The van der Waals surface area contributed by atoms with Gasteiger partial charge in [-0.1, -0.05) is 25.1 Å². The molecule has 4 heterocycles. The van der Waals surface area contributed by atoms with E-state index in [2.05, 4.69) is 41.6 Å². The number of carbonyl (C=O) groups excluding carboxylic acids is 1. The predicted octanol–water partition coefficient (Wildman–Crippen LogP) is 3.34. The van der Waals surface area contributed by atoms with E-state index < -0.39 is 0 Å². The average molecular weight is 460 g/mol. The lowest BCUT2D eigenvalue weighted by Gasteiger charge is -2.30. The molecule has 0 radical (unpaired) electrons. The number of fused-ring (bicyclic) bond motifs is 2. The Morgan fingerprint density at radius 2 is 2.03 bits per heavy atom. The monoisotopic (exact) mass is 459 g/mol. The van der Waals surface area contributed by atoms with Crippen molar-refractivity contribution in [1.29, 1.82) is 0 Å². The number of tetrazole rings is 1. The van der Waals surface area contributed by atoms with E-state index in [1.165, 1.54) is 0 Å². The van der Waals surface area contributed by atoms with Gasteiger partial charge in [-0.15, -0.1) is 5.10 Å². The Morgan fingerprint density at radius 3 is 2.88 bits per heavy atom. The number of furan rings is 1. The Hall–Kier alpha value is -3.59. The van der Waals surface area contributed by atoms with Gasteiger partial charge in [0.25, 0.3) is 5.91 Å². The summed E-state index contributed by atoms with van der Waals surface area (Å²) in [5.74, 6) is 0.771. The number of carbonyl (C=O) groups is 1. The van der Waals surface area contributed by atoms with Crippen LogP contribution in [-0.2, 0) is 12.0 Å². The first-order valence-corrected chi connectivity index (χ1v) is 11.7. The normalized spacial score (nSPS) is 15.0. The van der Waals surface area contributed by atoms with E-state index in [9.17, 15) is 4.79 Å². The highest BCUT2D eigenvalue weighted by Crippen LogP contribution is 2.27. The molecule has 1 atom stereocenters. The minimum absolute atomic E-state index is 0.0788. The molecular formula is C25H29N7O2. The third kappa shape index (κ3) is 4.07. The maximum atomic E-state index is 13.0. The molecule has 9 nitrogen and oxygen atoms in total. The molecule has 0 aliphatic carbocycles. The lowest BCUT2D eigenvalue weighted by Crippen LogP contribution is -2.42. The van der Waals surface area contributed by atoms with Gasteiger partial charge in [-0.25, -0.2) is 9.67 Å². The summed E-state index contributed by atoms with van der Waals surface area (Å²) in [6.45, 7) is 8.20. The highest BCUT2D eigenvalue weighted by Gasteiger charge is 2.30. The molecule has 1 aliphatic heterocycles. The second-order valence-corrected chi connectivity index (χ2v) is 9.24. The van der Waals surface area contributed by atoms with Gasteiger partial charge >= 0.3 is 0 Å². The number of hydrogen-bond acceptors (Lipinski definition) is 7. The molecule has 1 aromatic carbocycles. The number of rotatable bonds is 8. The Balaban J connectivity index is 1.40. The van der Waals surface area contributed by atoms with Crippen LogP contribution in [0.3, 0.4) is 0 Å². The van der Waals surface area contributed by atoms with Crippen LogP contribution >= 0.6 is 0 Å². The van der Waals surface area contributed by atoms with Crippen molar-refractivity contribution in [3.05, 3.63) is 71.4 Å². The van der Waals surface area contributed by atoms with E-state index in [1.807, 2.05) is 52.0 Å². The third-order valence-electron chi connectivity index (χ3n) is 6.73. The summed E-state index contributed by atoms with van der Waals surface area (Å²) in [6.07, 6.45) is 3.37. The number of benzene rings is 1. The van der Waals surface area contributed by atoms with Crippen LogP contribution in [0.15, 0.2) is 53.1 Å². The van der Waals surface area contributed by atoms with E-state index in [4.69, 9.17) is 9.40 Å². The predicted molar refractivity (Wildman–Crippen MR) is 127 cm³/mol. The average Bonchev–Trinajstić information content (AvgIpc) is 3.53. The first-order chi connectivity index (χ1) is 16.5. The first kappa shape index (κ1) is 22.2. The van der Waals surface area contributed by atoms with Gasteiger partial charge in [-0.3, -0.25) is 4.79 Å². The minimum atomic E-state index is -0.340. The lowest BCUT2D eigenvalue weighted by atomic mass is 9.99. The number of pyridine rings is 1. The van der Waals surface area contributed by atoms with Gasteiger partial charge in [0.05, 0.1) is 17.5 Å². The zero-order chi connectivity index (χ0) is 23.7. The van der Waals surface area contributed by atoms with Gasteiger partial charge in [0, 0.05) is 31.3 Å². The highest BCUT2D eigenvalue weighted by atomic mass is 16.3. The molecular weight excluding hydrogens is 430 g/mol. The Kier molecular flexibility index (Phi) is 5.87. The summed E-state index contributed by atoms with van der Waals surface area (Å²) < 4.78 is 7.34. The van der Waals surface area contributed by atoms with Crippen molar-refractivity contribution in [3.8, 4) is 0 Å². The zero-order valence-electron chi connectivity index (χ0n) is 19.7. The van der Waals surface area contributed by atoms with E-state index >= 15 is 0 Å². The number of amides is 1. The molecule has 176 valence electrons. The summed E-state index contributed by atoms with van der Waals surface area (Å²) in [6, 6.07) is 13.2. The number of nitrogens with zero attached hydrogens (tertiary/aromatic N) is 6. The first-order valence-electron chi connectivity index (χ1n) is 11.7. The highest BCUT2D eigenvalue weighted by molar-refractivity contribution is 5.96. The number of hydrogen-bond donors (Lipinski definition) is 1. The van der Waals surface area contributed by atoms with E-state index in [0.717, 1.165) is 40.8 Å². The van der Waals surface area contributed by atoms with Crippen molar-refractivity contribution in [2.45, 2.75) is 45.2 Å². The fourth-order valence-electron chi connectivity index (χ4n) is 4.34. The van der Waals surface area contributed by atoms with Crippen LogP contribution in [-0.4, -0.2) is 55.6 Å². The molecule has 0 fully saturated rings. The summed E-state index contributed by atoms with van der Waals surface area (Å²) in [7, 11) is 0. The molecule has 1 unspecified atom stereocenters. The van der Waals surface area contributed by atoms with E-state index in [1.54, 1.807) is 6.26 Å². The summed E-state index contributed by atoms with van der Waals surface area (Å²) in [5, 5.41) is 16.2. The van der Waals surface area contributed by atoms with Crippen LogP contribution in [0.25, 0.3) is 11.1 Å². The molecule has 34 heavy (non-hydrogen) atoms.